The molecule has 0 rings (SSSR count). The lowest BCUT2D eigenvalue weighted by Gasteiger charge is -2.28. The van der Waals surface area contributed by atoms with E-state index in [2.05, 4.69) is 5.32 Å². The standard InChI is InChI=1S/C9H15F3N2O3/c1-5(2)14-6(15)4-13-8(3,7(16)17)9(10,11)12/h5,13H,4H2,1-3H3,(H,14,15)(H,16,17). The van der Waals surface area contributed by atoms with Crippen LogP contribution in [-0.4, -0.2) is 41.3 Å². The molecule has 0 aromatic rings. The first-order valence-corrected chi connectivity index (χ1v) is 4.85. The van der Waals surface area contributed by atoms with Crippen LogP contribution in [-0.2, 0) is 9.59 Å². The molecule has 17 heavy (non-hydrogen) atoms. The molecule has 8 heteroatoms. The van der Waals surface area contributed by atoms with Crippen LogP contribution in [0.3, 0.4) is 0 Å². The Morgan fingerprint density at radius 2 is 1.76 bits per heavy atom. The Labute approximate surface area is 96.4 Å². The van der Waals surface area contributed by atoms with Crippen LogP contribution in [0.2, 0.25) is 0 Å². The third-order valence-electron chi connectivity index (χ3n) is 2.05. The van der Waals surface area contributed by atoms with Crippen molar-refractivity contribution in [2.45, 2.75) is 38.5 Å². The van der Waals surface area contributed by atoms with Gasteiger partial charge < -0.3 is 10.4 Å². The number of halogens is 3. The average molecular weight is 256 g/mol. The number of hydrogen-bond acceptors (Lipinski definition) is 3. The number of hydrogen-bond donors (Lipinski definition) is 3. The third kappa shape index (κ3) is 4.22. The molecule has 0 aromatic carbocycles. The van der Waals surface area contributed by atoms with E-state index in [1.807, 2.05) is 0 Å². The zero-order valence-corrected chi connectivity index (χ0v) is 9.68. The monoisotopic (exact) mass is 256 g/mol. The second kappa shape index (κ2) is 5.35. The van der Waals surface area contributed by atoms with Crippen LogP contribution in [0.15, 0.2) is 0 Å². The van der Waals surface area contributed by atoms with Crippen LogP contribution in [0, 0.1) is 0 Å². The Balaban J connectivity index is 4.60. The Kier molecular flexibility index (Phi) is 4.94. The van der Waals surface area contributed by atoms with Crippen molar-refractivity contribution in [2.24, 2.45) is 0 Å². The molecule has 0 saturated carbocycles. The van der Waals surface area contributed by atoms with Crippen molar-refractivity contribution in [2.75, 3.05) is 6.54 Å². The van der Waals surface area contributed by atoms with Gasteiger partial charge in [0.05, 0.1) is 6.54 Å². The molecule has 0 spiro atoms. The average Bonchev–Trinajstić information content (AvgIpc) is 2.10. The lowest BCUT2D eigenvalue weighted by atomic mass is 10.0. The van der Waals surface area contributed by atoms with Crippen molar-refractivity contribution < 1.29 is 27.9 Å². The Bertz CT molecular complexity index is 304. The summed E-state index contributed by atoms with van der Waals surface area (Å²) in [6, 6.07) is -0.230. The van der Waals surface area contributed by atoms with Crippen molar-refractivity contribution in [1.82, 2.24) is 10.6 Å². The number of amides is 1. The number of nitrogens with one attached hydrogen (secondary N) is 2. The summed E-state index contributed by atoms with van der Waals surface area (Å²) in [7, 11) is 0. The Hall–Kier alpha value is -1.31. The molecule has 1 atom stereocenters. The van der Waals surface area contributed by atoms with Gasteiger partial charge >= 0.3 is 12.1 Å². The van der Waals surface area contributed by atoms with E-state index in [-0.39, 0.29) is 6.04 Å². The van der Waals surface area contributed by atoms with Crippen LogP contribution < -0.4 is 10.6 Å². The summed E-state index contributed by atoms with van der Waals surface area (Å²) >= 11 is 0. The van der Waals surface area contributed by atoms with Gasteiger partial charge in [0.25, 0.3) is 0 Å². The zero-order chi connectivity index (χ0) is 13.9. The Morgan fingerprint density at radius 1 is 1.29 bits per heavy atom. The van der Waals surface area contributed by atoms with E-state index >= 15 is 0 Å². The largest absolute Gasteiger partial charge is 0.480 e. The van der Waals surface area contributed by atoms with Crippen molar-refractivity contribution >= 4 is 11.9 Å². The zero-order valence-electron chi connectivity index (χ0n) is 9.68. The normalized spacial score (nSPS) is 15.5. The molecule has 0 saturated heterocycles. The molecule has 100 valence electrons. The fraction of sp³-hybridized carbons (Fsp3) is 0.778. The maximum atomic E-state index is 12.5. The van der Waals surface area contributed by atoms with E-state index < -0.39 is 30.1 Å². The van der Waals surface area contributed by atoms with Gasteiger partial charge in [-0.2, -0.15) is 13.2 Å². The molecule has 0 heterocycles. The first kappa shape index (κ1) is 15.7. The van der Waals surface area contributed by atoms with Crippen molar-refractivity contribution in [3.05, 3.63) is 0 Å². The van der Waals surface area contributed by atoms with E-state index in [1.54, 1.807) is 19.2 Å². The maximum Gasteiger partial charge on any atom is 0.417 e. The van der Waals surface area contributed by atoms with E-state index in [9.17, 15) is 22.8 Å². The fourth-order valence-electron chi connectivity index (χ4n) is 0.927. The molecule has 5 nitrogen and oxygen atoms in total. The van der Waals surface area contributed by atoms with E-state index in [1.165, 1.54) is 0 Å². The van der Waals surface area contributed by atoms with Gasteiger partial charge in [-0.25, -0.2) is 4.79 Å². The van der Waals surface area contributed by atoms with Crippen LogP contribution in [0.1, 0.15) is 20.8 Å². The van der Waals surface area contributed by atoms with E-state index in [0.29, 0.717) is 6.92 Å². The maximum absolute atomic E-state index is 12.5. The molecule has 0 fully saturated rings. The molecule has 1 amide bonds. The fourth-order valence-corrected chi connectivity index (χ4v) is 0.927. The van der Waals surface area contributed by atoms with E-state index in [4.69, 9.17) is 5.11 Å². The van der Waals surface area contributed by atoms with Gasteiger partial charge in [0.2, 0.25) is 11.4 Å². The first-order chi connectivity index (χ1) is 7.50. The van der Waals surface area contributed by atoms with Crippen LogP contribution in [0.25, 0.3) is 0 Å². The summed E-state index contributed by atoms with van der Waals surface area (Å²) in [5.41, 5.74) is -3.14. The molecule has 0 aliphatic rings. The Morgan fingerprint density at radius 3 is 2.06 bits per heavy atom. The van der Waals surface area contributed by atoms with Gasteiger partial charge in [-0.15, -0.1) is 0 Å². The predicted octanol–water partition coefficient (Wildman–Crippen LogP) is 0.506. The summed E-state index contributed by atoms with van der Waals surface area (Å²) in [6.45, 7) is 3.02. The summed E-state index contributed by atoms with van der Waals surface area (Å²) in [4.78, 5) is 21.7. The molecule has 0 aromatic heterocycles. The predicted molar refractivity (Wildman–Crippen MR) is 53.4 cm³/mol. The van der Waals surface area contributed by atoms with Gasteiger partial charge in [-0.3, -0.25) is 10.1 Å². The second-order valence-corrected chi connectivity index (χ2v) is 4.00. The van der Waals surface area contributed by atoms with Crippen LogP contribution in [0.5, 0.6) is 0 Å². The van der Waals surface area contributed by atoms with Crippen molar-refractivity contribution in [3.8, 4) is 0 Å². The highest BCUT2D eigenvalue weighted by Crippen LogP contribution is 2.30. The topological polar surface area (TPSA) is 78.4 Å². The molecule has 3 N–H and O–H groups in total. The van der Waals surface area contributed by atoms with Gasteiger partial charge in [0.15, 0.2) is 0 Å². The molecule has 0 bridgehead atoms. The molecule has 0 aliphatic carbocycles. The highest BCUT2D eigenvalue weighted by Gasteiger charge is 2.57. The van der Waals surface area contributed by atoms with Gasteiger partial charge in [0.1, 0.15) is 0 Å². The molecular formula is C9H15F3N2O3. The van der Waals surface area contributed by atoms with Gasteiger partial charge in [0, 0.05) is 6.04 Å². The summed E-state index contributed by atoms with van der Waals surface area (Å²) < 4.78 is 37.5. The lowest BCUT2D eigenvalue weighted by Crippen LogP contribution is -2.62. The number of alkyl halides is 3. The second-order valence-electron chi connectivity index (χ2n) is 4.00. The highest BCUT2D eigenvalue weighted by molar-refractivity contribution is 5.82. The van der Waals surface area contributed by atoms with Crippen molar-refractivity contribution in [1.29, 1.82) is 0 Å². The highest BCUT2D eigenvalue weighted by atomic mass is 19.4. The number of rotatable bonds is 5. The smallest absolute Gasteiger partial charge is 0.417 e. The summed E-state index contributed by atoms with van der Waals surface area (Å²) in [5, 5.41) is 12.6. The number of carboxylic acid groups (broad SMARTS) is 1. The van der Waals surface area contributed by atoms with Gasteiger partial charge in [-0.1, -0.05) is 0 Å². The minimum Gasteiger partial charge on any atom is -0.480 e. The number of carbonyl (C=O) groups excluding carboxylic acids is 1. The number of aliphatic carboxylic acids is 1. The van der Waals surface area contributed by atoms with Crippen molar-refractivity contribution in [3.63, 3.8) is 0 Å². The van der Waals surface area contributed by atoms with Gasteiger partial charge in [-0.05, 0) is 20.8 Å². The molecule has 0 radical (unpaired) electrons. The molecule has 0 aliphatic heterocycles. The SMILES string of the molecule is CC(C)NC(=O)CNC(C)(C(=O)O)C(F)(F)F. The summed E-state index contributed by atoms with van der Waals surface area (Å²) in [6.07, 6.45) is -4.99. The quantitative estimate of drug-likeness (QED) is 0.669. The van der Waals surface area contributed by atoms with Crippen LogP contribution >= 0.6 is 0 Å². The lowest BCUT2D eigenvalue weighted by molar-refractivity contribution is -0.205. The van der Waals surface area contributed by atoms with Crippen LogP contribution in [0.4, 0.5) is 13.2 Å². The molecular weight excluding hydrogens is 241 g/mol. The number of carbonyl (C=O) groups is 2. The molecule has 1 unspecified atom stereocenters. The minimum absolute atomic E-state index is 0.230. The van der Waals surface area contributed by atoms with E-state index in [0.717, 1.165) is 0 Å². The number of carboxylic acids is 1. The third-order valence-corrected chi connectivity index (χ3v) is 2.05. The summed E-state index contributed by atoms with van der Waals surface area (Å²) in [5.74, 6) is -2.78. The first-order valence-electron chi connectivity index (χ1n) is 4.85. The minimum atomic E-state index is -4.99.